The fourth-order valence-electron chi connectivity index (χ4n) is 6.35. The van der Waals surface area contributed by atoms with E-state index in [1.807, 2.05) is 0 Å². The molecule has 2 aliphatic carbocycles. The molecule has 1 aromatic heterocycles. The Labute approximate surface area is 223 Å². The van der Waals surface area contributed by atoms with Gasteiger partial charge >= 0.3 is 0 Å². The van der Waals surface area contributed by atoms with Crippen molar-refractivity contribution in [3.8, 4) is 11.3 Å². The molecule has 1 amide bonds. The molecule has 1 fully saturated rings. The van der Waals surface area contributed by atoms with Crippen molar-refractivity contribution < 1.29 is 4.79 Å². The summed E-state index contributed by atoms with van der Waals surface area (Å²) in [5.41, 5.74) is 4.16. The lowest BCUT2D eigenvalue weighted by atomic mass is 9.60. The third-order valence-electron chi connectivity index (χ3n) is 8.09. The molecule has 1 heterocycles. The fraction of sp³-hybridized carbons (Fsp3) is 0.273. The lowest BCUT2D eigenvalue weighted by Crippen LogP contribution is -2.43. The summed E-state index contributed by atoms with van der Waals surface area (Å²) in [6, 6.07) is 25.4. The number of nitrogens with zero attached hydrogens (tertiary/aromatic N) is 1. The van der Waals surface area contributed by atoms with Crippen molar-refractivity contribution in [2.24, 2.45) is 5.41 Å². The van der Waals surface area contributed by atoms with Gasteiger partial charge in [-0.15, -0.1) is 11.3 Å². The Morgan fingerprint density at radius 2 is 1.70 bits per heavy atom. The molecule has 0 aliphatic heterocycles. The number of fused-ring (bicyclic) bond motifs is 1. The van der Waals surface area contributed by atoms with Crippen LogP contribution in [0.1, 0.15) is 56.4 Å². The minimum absolute atomic E-state index is 0.0800. The Morgan fingerprint density at radius 1 is 0.919 bits per heavy atom. The van der Waals surface area contributed by atoms with Crippen LogP contribution in [0.2, 0.25) is 0 Å². The van der Waals surface area contributed by atoms with Crippen LogP contribution in [0.3, 0.4) is 0 Å². The van der Waals surface area contributed by atoms with Gasteiger partial charge in [0, 0.05) is 16.9 Å². The van der Waals surface area contributed by atoms with Crippen LogP contribution in [0.4, 0.5) is 5.13 Å². The quantitative estimate of drug-likeness (QED) is 0.285. The average Bonchev–Trinajstić information content (AvgIpc) is 3.43. The normalized spacial score (nSPS) is 17.8. The largest absolute Gasteiger partial charge is 0.301 e. The predicted molar refractivity (Wildman–Crippen MR) is 155 cm³/mol. The van der Waals surface area contributed by atoms with Crippen molar-refractivity contribution in [3.63, 3.8) is 0 Å². The van der Waals surface area contributed by atoms with Crippen LogP contribution >= 0.6 is 11.3 Å². The van der Waals surface area contributed by atoms with E-state index in [4.69, 9.17) is 4.98 Å². The maximum atomic E-state index is 14.3. The lowest BCUT2D eigenvalue weighted by molar-refractivity contribution is -0.128. The Kier molecular flexibility index (Phi) is 6.75. The topological polar surface area (TPSA) is 42.0 Å². The number of hydrogen-bond donors (Lipinski definition) is 1. The zero-order valence-corrected chi connectivity index (χ0v) is 21.8. The average molecular weight is 505 g/mol. The highest BCUT2D eigenvalue weighted by molar-refractivity contribution is 7.14. The SMILES string of the molecule is O=C(Nc1nc(-c2cccc3ccccc23)cs1)C1(C(C2=CC=CCC2)c2ccccc2)CCCCC1. The molecule has 0 radical (unpaired) electrons. The second-order valence-corrected chi connectivity index (χ2v) is 11.1. The van der Waals surface area contributed by atoms with E-state index in [1.54, 1.807) is 0 Å². The smallest absolute Gasteiger partial charge is 0.233 e. The van der Waals surface area contributed by atoms with E-state index in [0.29, 0.717) is 5.13 Å². The summed E-state index contributed by atoms with van der Waals surface area (Å²) in [7, 11) is 0. The molecule has 2 aliphatic rings. The third kappa shape index (κ3) is 4.67. The third-order valence-corrected chi connectivity index (χ3v) is 8.85. The van der Waals surface area contributed by atoms with Crippen LogP contribution in [0.25, 0.3) is 22.0 Å². The molecule has 3 aromatic carbocycles. The molecule has 6 rings (SSSR count). The van der Waals surface area contributed by atoms with Crippen molar-refractivity contribution in [3.05, 3.63) is 108 Å². The van der Waals surface area contributed by atoms with Gasteiger partial charge in [-0.2, -0.15) is 0 Å². The highest BCUT2D eigenvalue weighted by Gasteiger charge is 2.48. The summed E-state index contributed by atoms with van der Waals surface area (Å²) in [6.07, 6.45) is 13.9. The van der Waals surface area contributed by atoms with Gasteiger partial charge in [0.25, 0.3) is 0 Å². The van der Waals surface area contributed by atoms with Crippen LogP contribution in [-0.4, -0.2) is 10.9 Å². The Balaban J connectivity index is 1.35. The lowest BCUT2D eigenvalue weighted by Gasteiger charge is -2.44. The van der Waals surface area contributed by atoms with Gasteiger partial charge in [0.15, 0.2) is 5.13 Å². The first-order valence-electron chi connectivity index (χ1n) is 13.4. The number of anilines is 1. The molecule has 3 nitrogen and oxygen atoms in total. The fourth-order valence-corrected chi connectivity index (χ4v) is 7.06. The predicted octanol–water partition coefficient (Wildman–Crippen LogP) is 8.91. The number of carbonyl (C=O) groups is 1. The Bertz CT molecular complexity index is 1450. The molecule has 186 valence electrons. The van der Waals surface area contributed by atoms with Gasteiger partial charge in [0.05, 0.1) is 11.1 Å². The molecular formula is C33H32N2OS. The molecule has 1 atom stereocenters. The number of benzene rings is 3. The molecule has 4 aromatic rings. The summed E-state index contributed by atoms with van der Waals surface area (Å²) in [4.78, 5) is 19.2. The minimum atomic E-state index is -0.470. The van der Waals surface area contributed by atoms with E-state index in [9.17, 15) is 4.79 Å². The zero-order valence-electron chi connectivity index (χ0n) is 21.0. The van der Waals surface area contributed by atoms with Gasteiger partial charge < -0.3 is 5.32 Å². The van der Waals surface area contributed by atoms with Crippen molar-refractivity contribution in [2.75, 3.05) is 5.32 Å². The van der Waals surface area contributed by atoms with Gasteiger partial charge in [-0.25, -0.2) is 4.98 Å². The highest BCUT2D eigenvalue weighted by atomic mass is 32.1. The van der Waals surface area contributed by atoms with E-state index in [2.05, 4.69) is 102 Å². The van der Waals surface area contributed by atoms with Crippen LogP contribution in [0.5, 0.6) is 0 Å². The second kappa shape index (κ2) is 10.5. The van der Waals surface area contributed by atoms with Gasteiger partial charge in [0.2, 0.25) is 5.91 Å². The summed E-state index contributed by atoms with van der Waals surface area (Å²) in [5, 5.41) is 8.42. The van der Waals surface area contributed by atoms with Crippen LogP contribution in [0.15, 0.2) is 102 Å². The first kappa shape index (κ1) is 23.9. The number of nitrogens with one attached hydrogen (secondary N) is 1. The molecule has 1 saturated carbocycles. The van der Waals surface area contributed by atoms with Crippen molar-refractivity contribution >= 4 is 33.1 Å². The summed E-state index contributed by atoms with van der Waals surface area (Å²) in [5.74, 6) is 0.201. The maximum Gasteiger partial charge on any atom is 0.233 e. The Morgan fingerprint density at radius 3 is 2.51 bits per heavy atom. The standard InChI is InChI=1S/C33H32N2OS/c36-31(35-32-34-29(23-37-32)28-20-12-18-24-13-8-9-19-27(24)28)33(21-10-3-11-22-33)30(25-14-4-1-5-15-25)26-16-6-2-7-17-26/h1-2,4-6,8-9,12-16,18-20,23,30H,3,7,10-11,17,21-22H2,(H,34,35,36). The van der Waals surface area contributed by atoms with Gasteiger partial charge in [-0.1, -0.05) is 116 Å². The number of aromatic nitrogens is 1. The van der Waals surface area contributed by atoms with E-state index < -0.39 is 5.41 Å². The van der Waals surface area contributed by atoms with Crippen LogP contribution in [-0.2, 0) is 4.79 Å². The number of thiazole rings is 1. The van der Waals surface area contributed by atoms with E-state index in [1.165, 1.54) is 39.7 Å². The molecule has 0 bridgehead atoms. The molecule has 1 unspecified atom stereocenters. The molecule has 4 heteroatoms. The zero-order chi connectivity index (χ0) is 25.1. The van der Waals surface area contributed by atoms with E-state index in [0.717, 1.165) is 49.8 Å². The van der Waals surface area contributed by atoms with Gasteiger partial charge in [0.1, 0.15) is 0 Å². The van der Waals surface area contributed by atoms with E-state index in [-0.39, 0.29) is 11.8 Å². The summed E-state index contributed by atoms with van der Waals surface area (Å²) < 4.78 is 0. The molecular weight excluding hydrogens is 472 g/mol. The monoisotopic (exact) mass is 504 g/mol. The van der Waals surface area contributed by atoms with Crippen molar-refractivity contribution in [1.29, 1.82) is 0 Å². The minimum Gasteiger partial charge on any atom is -0.301 e. The first-order valence-corrected chi connectivity index (χ1v) is 14.3. The number of rotatable bonds is 6. The van der Waals surface area contributed by atoms with Crippen molar-refractivity contribution in [2.45, 2.75) is 50.9 Å². The number of allylic oxidation sites excluding steroid dienone is 4. The van der Waals surface area contributed by atoms with Gasteiger partial charge in [-0.3, -0.25) is 4.79 Å². The van der Waals surface area contributed by atoms with Crippen LogP contribution in [0, 0.1) is 5.41 Å². The number of carbonyl (C=O) groups excluding carboxylic acids is 1. The maximum absolute atomic E-state index is 14.3. The molecule has 0 spiro atoms. The number of hydrogen-bond acceptors (Lipinski definition) is 3. The highest BCUT2D eigenvalue weighted by Crippen LogP contribution is 2.52. The summed E-state index contributed by atoms with van der Waals surface area (Å²) >= 11 is 1.52. The van der Waals surface area contributed by atoms with E-state index >= 15 is 0 Å². The number of amides is 1. The van der Waals surface area contributed by atoms with Gasteiger partial charge in [-0.05, 0) is 42.0 Å². The Hall–Kier alpha value is -3.50. The van der Waals surface area contributed by atoms with Crippen molar-refractivity contribution in [1.82, 2.24) is 4.98 Å². The summed E-state index contributed by atoms with van der Waals surface area (Å²) in [6.45, 7) is 0. The molecule has 37 heavy (non-hydrogen) atoms. The molecule has 1 N–H and O–H groups in total. The molecule has 0 saturated heterocycles. The first-order chi connectivity index (χ1) is 18.2. The van der Waals surface area contributed by atoms with Crippen LogP contribution < -0.4 is 5.32 Å². The second-order valence-electron chi connectivity index (χ2n) is 10.3.